The van der Waals surface area contributed by atoms with E-state index in [1.807, 2.05) is 50.2 Å². The predicted octanol–water partition coefficient (Wildman–Crippen LogP) is 4.64. The molecular weight excluding hydrogens is 364 g/mol. The summed E-state index contributed by atoms with van der Waals surface area (Å²) < 4.78 is 5.43. The monoisotopic (exact) mass is 390 g/mol. The highest BCUT2D eigenvalue weighted by atomic mass is 16.5. The van der Waals surface area contributed by atoms with Crippen LogP contribution in [0.15, 0.2) is 42.5 Å². The topological polar surface area (TPSA) is 66.5 Å². The van der Waals surface area contributed by atoms with Crippen molar-refractivity contribution in [1.82, 2.24) is 4.98 Å². The highest BCUT2D eigenvalue weighted by Crippen LogP contribution is 2.26. The number of nitrogens with one attached hydrogen (secondary N) is 2. The summed E-state index contributed by atoms with van der Waals surface area (Å²) in [5, 5.41) is 6.89. The molecule has 29 heavy (non-hydrogen) atoms. The van der Waals surface area contributed by atoms with Crippen LogP contribution in [0.25, 0.3) is 10.9 Å². The molecular formula is C23H26N4O2. The normalized spacial score (nSPS) is 14.1. The second kappa shape index (κ2) is 8.09. The van der Waals surface area contributed by atoms with Crippen LogP contribution in [0.5, 0.6) is 0 Å². The number of urea groups is 1. The molecule has 0 unspecified atom stereocenters. The van der Waals surface area contributed by atoms with Gasteiger partial charge in [0.05, 0.1) is 18.7 Å². The Morgan fingerprint density at radius 1 is 1.00 bits per heavy atom. The van der Waals surface area contributed by atoms with Crippen LogP contribution >= 0.6 is 0 Å². The van der Waals surface area contributed by atoms with Crippen molar-refractivity contribution in [1.29, 1.82) is 0 Å². The molecule has 6 heteroatoms. The minimum Gasteiger partial charge on any atom is -0.378 e. The lowest BCUT2D eigenvalue weighted by Gasteiger charge is -2.28. The number of morpholine rings is 1. The van der Waals surface area contributed by atoms with Gasteiger partial charge >= 0.3 is 6.03 Å². The highest BCUT2D eigenvalue weighted by molar-refractivity contribution is 6.01. The quantitative estimate of drug-likeness (QED) is 0.684. The molecule has 2 heterocycles. The third kappa shape index (κ3) is 4.17. The summed E-state index contributed by atoms with van der Waals surface area (Å²) in [7, 11) is 0. The number of aryl methyl sites for hydroxylation is 2. The number of carbonyl (C=O) groups is 1. The summed E-state index contributed by atoms with van der Waals surface area (Å²) in [4.78, 5) is 19.5. The molecule has 1 saturated heterocycles. The first-order valence-corrected chi connectivity index (χ1v) is 9.89. The average Bonchev–Trinajstić information content (AvgIpc) is 2.72. The predicted molar refractivity (Wildman–Crippen MR) is 118 cm³/mol. The van der Waals surface area contributed by atoms with E-state index in [2.05, 4.69) is 28.5 Å². The molecule has 0 aliphatic carbocycles. The number of hydrogen-bond donors (Lipinski definition) is 2. The van der Waals surface area contributed by atoms with Crippen molar-refractivity contribution in [3.8, 4) is 0 Å². The Kier molecular flexibility index (Phi) is 5.36. The van der Waals surface area contributed by atoms with Gasteiger partial charge in [-0.15, -0.1) is 0 Å². The Bertz CT molecular complexity index is 1060. The lowest BCUT2D eigenvalue weighted by atomic mass is 10.1. The average molecular weight is 390 g/mol. The van der Waals surface area contributed by atoms with Gasteiger partial charge in [0, 0.05) is 29.9 Å². The molecule has 0 atom stereocenters. The van der Waals surface area contributed by atoms with E-state index in [0.29, 0.717) is 0 Å². The van der Waals surface area contributed by atoms with E-state index in [9.17, 15) is 4.79 Å². The number of pyridine rings is 1. The van der Waals surface area contributed by atoms with Crippen LogP contribution in [0.1, 0.15) is 16.7 Å². The van der Waals surface area contributed by atoms with Gasteiger partial charge < -0.3 is 20.3 Å². The lowest BCUT2D eigenvalue weighted by molar-refractivity contribution is 0.122. The molecule has 0 spiro atoms. The summed E-state index contributed by atoms with van der Waals surface area (Å²) in [5.74, 6) is 0.978. The number of rotatable bonds is 3. The Balaban J connectivity index is 1.53. The number of ether oxygens (including phenoxy) is 1. The Hall–Kier alpha value is -3.12. The van der Waals surface area contributed by atoms with Crippen LogP contribution in [-0.4, -0.2) is 37.3 Å². The summed E-state index contributed by atoms with van der Waals surface area (Å²) in [6, 6.07) is 13.5. The molecule has 4 rings (SSSR count). The fourth-order valence-electron chi connectivity index (χ4n) is 3.58. The second-order valence-electron chi connectivity index (χ2n) is 7.46. The van der Waals surface area contributed by atoms with E-state index < -0.39 is 0 Å². The van der Waals surface area contributed by atoms with Crippen molar-refractivity contribution < 1.29 is 9.53 Å². The van der Waals surface area contributed by atoms with E-state index in [1.54, 1.807) is 0 Å². The van der Waals surface area contributed by atoms with Gasteiger partial charge in [0.1, 0.15) is 5.82 Å². The van der Waals surface area contributed by atoms with Crippen LogP contribution in [0, 0.1) is 20.8 Å². The number of nitrogens with zero attached hydrogens (tertiary/aromatic N) is 2. The smallest absolute Gasteiger partial charge is 0.323 e. The number of anilines is 3. The molecule has 2 aromatic carbocycles. The van der Waals surface area contributed by atoms with Crippen LogP contribution in [0.2, 0.25) is 0 Å². The van der Waals surface area contributed by atoms with E-state index in [0.717, 1.165) is 71.1 Å². The van der Waals surface area contributed by atoms with Gasteiger partial charge in [0.25, 0.3) is 0 Å². The van der Waals surface area contributed by atoms with Gasteiger partial charge in [-0.2, -0.15) is 0 Å². The molecule has 1 fully saturated rings. The molecule has 150 valence electrons. The first-order chi connectivity index (χ1) is 14.0. The zero-order valence-electron chi connectivity index (χ0n) is 17.1. The summed E-state index contributed by atoms with van der Waals surface area (Å²) >= 11 is 0. The first kappa shape index (κ1) is 19.2. The minimum absolute atomic E-state index is 0.256. The van der Waals surface area contributed by atoms with Crippen LogP contribution in [0.4, 0.5) is 22.0 Å². The Morgan fingerprint density at radius 3 is 2.59 bits per heavy atom. The number of hydrogen-bond acceptors (Lipinski definition) is 4. The summed E-state index contributed by atoms with van der Waals surface area (Å²) in [5.41, 5.74) is 5.82. The van der Waals surface area contributed by atoms with E-state index in [4.69, 9.17) is 9.72 Å². The van der Waals surface area contributed by atoms with Gasteiger partial charge in [-0.1, -0.05) is 12.1 Å². The number of benzene rings is 2. The third-order valence-electron chi connectivity index (χ3n) is 5.45. The van der Waals surface area contributed by atoms with Crippen LogP contribution in [0.3, 0.4) is 0 Å². The summed E-state index contributed by atoms with van der Waals surface area (Å²) in [6.07, 6.45) is 0. The van der Waals surface area contributed by atoms with E-state index in [1.165, 1.54) is 0 Å². The highest BCUT2D eigenvalue weighted by Gasteiger charge is 2.14. The maximum absolute atomic E-state index is 12.5. The molecule has 2 amide bonds. The van der Waals surface area contributed by atoms with Crippen LogP contribution < -0.4 is 15.5 Å². The van der Waals surface area contributed by atoms with Crippen LogP contribution in [-0.2, 0) is 4.74 Å². The molecule has 0 bridgehead atoms. The van der Waals surface area contributed by atoms with E-state index in [-0.39, 0.29) is 6.03 Å². The molecule has 0 radical (unpaired) electrons. The van der Waals surface area contributed by atoms with Crippen molar-refractivity contribution in [2.45, 2.75) is 20.8 Å². The van der Waals surface area contributed by atoms with Gasteiger partial charge in [-0.05, 0) is 67.8 Å². The zero-order chi connectivity index (χ0) is 20.4. The molecule has 1 aliphatic rings. The number of aromatic nitrogens is 1. The fraction of sp³-hybridized carbons (Fsp3) is 0.304. The molecule has 6 nitrogen and oxygen atoms in total. The van der Waals surface area contributed by atoms with Crippen molar-refractivity contribution in [3.63, 3.8) is 0 Å². The lowest BCUT2D eigenvalue weighted by Crippen LogP contribution is -2.36. The number of fused-ring (bicyclic) bond motifs is 1. The minimum atomic E-state index is -0.256. The van der Waals surface area contributed by atoms with Gasteiger partial charge in [-0.3, -0.25) is 0 Å². The maximum Gasteiger partial charge on any atom is 0.323 e. The fourth-order valence-corrected chi connectivity index (χ4v) is 3.58. The second-order valence-corrected chi connectivity index (χ2v) is 7.46. The molecule has 2 N–H and O–H groups in total. The zero-order valence-corrected chi connectivity index (χ0v) is 17.1. The van der Waals surface area contributed by atoms with Crippen molar-refractivity contribution in [2.75, 3.05) is 41.8 Å². The van der Waals surface area contributed by atoms with Crippen molar-refractivity contribution in [3.05, 3.63) is 59.2 Å². The number of carbonyl (C=O) groups excluding carboxylic acids is 1. The van der Waals surface area contributed by atoms with Gasteiger partial charge in [0.15, 0.2) is 0 Å². The Labute approximate surface area is 170 Å². The van der Waals surface area contributed by atoms with Crippen molar-refractivity contribution >= 4 is 34.1 Å². The molecule has 1 aliphatic heterocycles. The molecule has 0 saturated carbocycles. The molecule has 1 aromatic heterocycles. The standard InChI is InChI=1S/C23H26N4O2/c1-15-5-4-6-20(17(15)3)26-23(28)24-18-7-8-21-19(14-18)16(2)13-22(25-21)27-9-11-29-12-10-27/h4-8,13-14H,9-12H2,1-3H3,(H2,24,26,28). The van der Waals surface area contributed by atoms with Gasteiger partial charge in [0.2, 0.25) is 0 Å². The van der Waals surface area contributed by atoms with Gasteiger partial charge in [-0.25, -0.2) is 9.78 Å². The third-order valence-corrected chi connectivity index (χ3v) is 5.45. The number of amides is 2. The van der Waals surface area contributed by atoms with E-state index >= 15 is 0 Å². The SMILES string of the molecule is Cc1cccc(NC(=O)Nc2ccc3nc(N4CCOCC4)cc(C)c3c2)c1C. The first-order valence-electron chi connectivity index (χ1n) is 9.89. The Morgan fingerprint density at radius 2 is 1.79 bits per heavy atom. The maximum atomic E-state index is 12.5. The summed E-state index contributed by atoms with van der Waals surface area (Å²) in [6.45, 7) is 9.29. The van der Waals surface area contributed by atoms with Crippen molar-refractivity contribution in [2.24, 2.45) is 0 Å². The largest absolute Gasteiger partial charge is 0.378 e. The molecule has 3 aromatic rings.